The Morgan fingerprint density at radius 1 is 0.929 bits per heavy atom. The van der Waals surface area contributed by atoms with Crippen LogP contribution in [0.5, 0.6) is 0 Å². The summed E-state index contributed by atoms with van der Waals surface area (Å²) in [5.74, 6) is -0.179. The van der Waals surface area contributed by atoms with Crippen molar-refractivity contribution in [3.8, 4) is 0 Å². The normalized spacial score (nSPS) is 13.9. The molecule has 3 rings (SSSR count). The smallest absolute Gasteiger partial charge is 0.317 e. The zero-order chi connectivity index (χ0) is 19.8. The highest BCUT2D eigenvalue weighted by Crippen LogP contribution is 2.20. The van der Waals surface area contributed by atoms with Crippen LogP contribution in [0.2, 0.25) is 5.02 Å². The maximum atomic E-state index is 12.3. The molecular weight excluding hydrogens is 376 g/mol. The van der Waals surface area contributed by atoms with Gasteiger partial charge in [0.25, 0.3) is 0 Å². The van der Waals surface area contributed by atoms with Gasteiger partial charge in [-0.1, -0.05) is 48.0 Å². The van der Waals surface area contributed by atoms with Crippen molar-refractivity contribution in [2.75, 3.05) is 44.2 Å². The van der Waals surface area contributed by atoms with E-state index >= 15 is 0 Å². The first-order valence-corrected chi connectivity index (χ1v) is 9.83. The molecule has 1 aliphatic heterocycles. The lowest BCUT2D eigenvalue weighted by Gasteiger charge is -2.36. The van der Waals surface area contributed by atoms with E-state index in [4.69, 9.17) is 11.6 Å². The van der Waals surface area contributed by atoms with E-state index in [-0.39, 0.29) is 18.5 Å². The van der Waals surface area contributed by atoms with Gasteiger partial charge >= 0.3 is 6.03 Å². The molecule has 0 spiro atoms. The van der Waals surface area contributed by atoms with Gasteiger partial charge in [0.2, 0.25) is 5.91 Å². The fourth-order valence-electron chi connectivity index (χ4n) is 3.16. The van der Waals surface area contributed by atoms with Crippen LogP contribution in [-0.2, 0) is 11.2 Å². The third kappa shape index (κ3) is 5.89. The van der Waals surface area contributed by atoms with Crippen molar-refractivity contribution in [1.82, 2.24) is 15.5 Å². The van der Waals surface area contributed by atoms with Crippen LogP contribution in [0.1, 0.15) is 5.56 Å². The van der Waals surface area contributed by atoms with Crippen LogP contribution in [0.15, 0.2) is 54.6 Å². The van der Waals surface area contributed by atoms with Gasteiger partial charge in [-0.3, -0.25) is 4.79 Å². The summed E-state index contributed by atoms with van der Waals surface area (Å²) in [7, 11) is 0. The van der Waals surface area contributed by atoms with Crippen molar-refractivity contribution < 1.29 is 9.59 Å². The van der Waals surface area contributed by atoms with Gasteiger partial charge in [-0.05, 0) is 30.2 Å². The van der Waals surface area contributed by atoms with Crippen molar-refractivity contribution >= 4 is 29.2 Å². The highest BCUT2D eigenvalue weighted by atomic mass is 35.5. The average Bonchev–Trinajstić information content (AvgIpc) is 2.73. The van der Waals surface area contributed by atoms with E-state index in [9.17, 15) is 9.59 Å². The highest BCUT2D eigenvalue weighted by Gasteiger charge is 2.21. The number of urea groups is 1. The monoisotopic (exact) mass is 400 g/mol. The number of amides is 3. The molecule has 0 atom stereocenters. The van der Waals surface area contributed by atoms with Gasteiger partial charge in [-0.25, -0.2) is 4.79 Å². The Morgan fingerprint density at radius 2 is 1.68 bits per heavy atom. The predicted octanol–water partition coefficient (Wildman–Crippen LogP) is 2.53. The summed E-state index contributed by atoms with van der Waals surface area (Å²) in [6.45, 7) is 3.22. The summed E-state index contributed by atoms with van der Waals surface area (Å²) >= 11 is 6.05. The first-order valence-electron chi connectivity index (χ1n) is 9.46. The number of nitrogens with one attached hydrogen (secondary N) is 2. The number of piperazine rings is 1. The molecule has 1 heterocycles. The van der Waals surface area contributed by atoms with Gasteiger partial charge in [-0.2, -0.15) is 0 Å². The number of hydrogen-bond donors (Lipinski definition) is 2. The van der Waals surface area contributed by atoms with Crippen molar-refractivity contribution in [2.45, 2.75) is 6.42 Å². The van der Waals surface area contributed by atoms with E-state index in [1.807, 2.05) is 54.6 Å². The number of carbonyl (C=O) groups excluding carboxylic acids is 2. The molecule has 148 valence electrons. The van der Waals surface area contributed by atoms with Crippen molar-refractivity contribution in [3.05, 3.63) is 65.2 Å². The maximum Gasteiger partial charge on any atom is 0.317 e. The highest BCUT2D eigenvalue weighted by molar-refractivity contribution is 6.30. The minimum Gasteiger partial charge on any atom is -0.368 e. The van der Waals surface area contributed by atoms with Crippen LogP contribution >= 0.6 is 11.6 Å². The minimum atomic E-state index is -0.205. The van der Waals surface area contributed by atoms with Gasteiger partial charge < -0.3 is 20.4 Å². The lowest BCUT2D eigenvalue weighted by atomic mass is 10.1. The Labute approximate surface area is 170 Å². The Kier molecular flexibility index (Phi) is 7.14. The quantitative estimate of drug-likeness (QED) is 0.783. The molecule has 6 nitrogen and oxygen atoms in total. The second-order valence-corrected chi connectivity index (χ2v) is 7.13. The molecule has 0 unspecified atom stereocenters. The SMILES string of the molecule is O=C(CNC(=O)N1CCN(c2cccc(Cl)c2)CC1)NCCc1ccccc1. The lowest BCUT2D eigenvalue weighted by Crippen LogP contribution is -2.53. The second kappa shape index (κ2) is 9.99. The first-order chi connectivity index (χ1) is 13.6. The molecule has 28 heavy (non-hydrogen) atoms. The maximum absolute atomic E-state index is 12.3. The van der Waals surface area contributed by atoms with E-state index < -0.39 is 0 Å². The zero-order valence-corrected chi connectivity index (χ0v) is 16.5. The molecule has 2 aromatic rings. The summed E-state index contributed by atoms with van der Waals surface area (Å²) < 4.78 is 0. The third-order valence-electron chi connectivity index (χ3n) is 4.72. The van der Waals surface area contributed by atoms with E-state index in [0.717, 1.165) is 25.2 Å². The molecule has 7 heteroatoms. The molecular formula is C21H25ClN4O2. The van der Waals surface area contributed by atoms with Crippen molar-refractivity contribution in [3.63, 3.8) is 0 Å². The number of anilines is 1. The summed E-state index contributed by atoms with van der Waals surface area (Å²) in [5.41, 5.74) is 2.23. The fraction of sp³-hybridized carbons (Fsp3) is 0.333. The molecule has 0 saturated carbocycles. The van der Waals surface area contributed by atoms with Gasteiger partial charge in [0.05, 0.1) is 6.54 Å². The van der Waals surface area contributed by atoms with Crippen molar-refractivity contribution in [2.24, 2.45) is 0 Å². The molecule has 2 N–H and O–H groups in total. The molecule has 1 aliphatic rings. The van der Waals surface area contributed by atoms with E-state index in [1.165, 1.54) is 5.56 Å². The lowest BCUT2D eigenvalue weighted by molar-refractivity contribution is -0.120. The minimum absolute atomic E-state index is 0.0118. The van der Waals surface area contributed by atoms with Crippen LogP contribution in [0.4, 0.5) is 10.5 Å². The average molecular weight is 401 g/mol. The summed E-state index contributed by atoms with van der Waals surface area (Å²) in [6.07, 6.45) is 0.770. The summed E-state index contributed by atoms with van der Waals surface area (Å²) in [6, 6.07) is 17.5. The van der Waals surface area contributed by atoms with Gasteiger partial charge in [-0.15, -0.1) is 0 Å². The topological polar surface area (TPSA) is 64.7 Å². The first kappa shape index (κ1) is 20.0. The van der Waals surface area contributed by atoms with Crippen LogP contribution in [0.3, 0.4) is 0 Å². The second-order valence-electron chi connectivity index (χ2n) is 6.70. The number of benzene rings is 2. The molecule has 0 radical (unpaired) electrons. The predicted molar refractivity (Wildman–Crippen MR) is 112 cm³/mol. The molecule has 0 bridgehead atoms. The molecule has 0 aromatic heterocycles. The van der Waals surface area contributed by atoms with E-state index in [1.54, 1.807) is 4.90 Å². The molecule has 3 amide bonds. The number of carbonyl (C=O) groups is 2. The van der Waals surface area contributed by atoms with Crippen molar-refractivity contribution in [1.29, 1.82) is 0 Å². The van der Waals surface area contributed by atoms with E-state index in [0.29, 0.717) is 24.7 Å². The Balaban J connectivity index is 1.34. The zero-order valence-electron chi connectivity index (χ0n) is 15.7. The van der Waals surface area contributed by atoms with Crippen LogP contribution in [0, 0.1) is 0 Å². The Hall–Kier alpha value is -2.73. The van der Waals surface area contributed by atoms with Gasteiger partial charge in [0.15, 0.2) is 0 Å². The van der Waals surface area contributed by atoms with E-state index in [2.05, 4.69) is 15.5 Å². The number of nitrogens with zero attached hydrogens (tertiary/aromatic N) is 2. The van der Waals surface area contributed by atoms with Crippen LogP contribution < -0.4 is 15.5 Å². The summed E-state index contributed by atoms with van der Waals surface area (Å²) in [4.78, 5) is 28.1. The number of hydrogen-bond acceptors (Lipinski definition) is 3. The molecule has 1 fully saturated rings. The molecule has 2 aromatic carbocycles. The standard InChI is InChI=1S/C21H25ClN4O2/c22-18-7-4-8-19(15-18)25-11-13-26(14-12-25)21(28)24-16-20(27)23-10-9-17-5-2-1-3-6-17/h1-8,15H,9-14,16H2,(H,23,27)(H,24,28). The van der Waals surface area contributed by atoms with Crippen LogP contribution in [0.25, 0.3) is 0 Å². The third-order valence-corrected chi connectivity index (χ3v) is 4.95. The molecule has 1 saturated heterocycles. The van der Waals surface area contributed by atoms with Crippen LogP contribution in [-0.4, -0.2) is 56.1 Å². The van der Waals surface area contributed by atoms with Gasteiger partial charge in [0, 0.05) is 43.4 Å². The fourth-order valence-corrected chi connectivity index (χ4v) is 3.35. The Bertz CT molecular complexity index is 792. The Morgan fingerprint density at radius 3 is 2.39 bits per heavy atom. The number of rotatable bonds is 6. The molecule has 0 aliphatic carbocycles. The number of halogens is 1. The summed E-state index contributed by atoms with van der Waals surface area (Å²) in [5, 5.41) is 6.23. The largest absolute Gasteiger partial charge is 0.368 e. The van der Waals surface area contributed by atoms with Gasteiger partial charge in [0.1, 0.15) is 0 Å².